The van der Waals surface area contributed by atoms with Gasteiger partial charge in [0.05, 0.1) is 0 Å². The Balaban J connectivity index is 1.55. The average Bonchev–Trinajstić information content (AvgIpc) is 3.20. The fourth-order valence-corrected chi connectivity index (χ4v) is 3.77. The van der Waals surface area contributed by atoms with E-state index in [1.54, 1.807) is 7.05 Å². The number of piperazine rings is 1. The molecule has 3 rings (SSSR count). The summed E-state index contributed by atoms with van der Waals surface area (Å²) in [4.78, 5) is 27.5. The van der Waals surface area contributed by atoms with Crippen molar-refractivity contribution < 1.29 is 4.79 Å². The fraction of sp³-hybridized carbons (Fsp3) is 0.650. The molecule has 1 amide bonds. The van der Waals surface area contributed by atoms with Gasteiger partial charge in [0, 0.05) is 77.1 Å². The standard InChI is InChI=1S/C20H33N7O/c1-4-18(28)27-9-7-17(15-27)24-20(21-2)23-14-16-6-5-8-22-19(16)26-12-10-25(3)11-13-26/h5-6,8,17H,4,7,9-15H2,1-3H3,(H2,21,23,24). The number of likely N-dealkylation sites (N-methyl/N-ethyl adjacent to an activating group) is 1. The van der Waals surface area contributed by atoms with Crippen LogP contribution in [0.15, 0.2) is 23.3 Å². The molecule has 2 aliphatic heterocycles. The van der Waals surface area contributed by atoms with E-state index in [1.165, 1.54) is 5.56 Å². The van der Waals surface area contributed by atoms with Gasteiger partial charge in [-0.15, -0.1) is 0 Å². The maximum atomic E-state index is 11.9. The van der Waals surface area contributed by atoms with Crippen LogP contribution in [0, 0.1) is 0 Å². The summed E-state index contributed by atoms with van der Waals surface area (Å²) in [7, 11) is 3.94. The Bertz CT molecular complexity index is 685. The van der Waals surface area contributed by atoms with E-state index in [4.69, 9.17) is 0 Å². The summed E-state index contributed by atoms with van der Waals surface area (Å²) in [6.07, 6.45) is 3.38. The van der Waals surface area contributed by atoms with Crippen LogP contribution >= 0.6 is 0 Å². The molecule has 2 N–H and O–H groups in total. The van der Waals surface area contributed by atoms with Gasteiger partial charge in [-0.2, -0.15) is 0 Å². The largest absolute Gasteiger partial charge is 0.354 e. The van der Waals surface area contributed by atoms with Gasteiger partial charge in [0.25, 0.3) is 0 Å². The minimum Gasteiger partial charge on any atom is -0.354 e. The number of guanidine groups is 1. The number of carbonyl (C=O) groups is 1. The van der Waals surface area contributed by atoms with E-state index in [-0.39, 0.29) is 11.9 Å². The summed E-state index contributed by atoms with van der Waals surface area (Å²) in [6.45, 7) is 8.25. The highest BCUT2D eigenvalue weighted by molar-refractivity contribution is 5.80. The zero-order valence-electron chi connectivity index (χ0n) is 17.3. The second kappa shape index (κ2) is 9.73. The number of hydrogen-bond acceptors (Lipinski definition) is 5. The van der Waals surface area contributed by atoms with Crippen LogP contribution in [0.4, 0.5) is 5.82 Å². The van der Waals surface area contributed by atoms with E-state index in [2.05, 4.69) is 43.5 Å². The lowest BCUT2D eigenvalue weighted by Crippen LogP contribution is -2.46. The number of likely N-dealkylation sites (tertiary alicyclic amines) is 1. The van der Waals surface area contributed by atoms with Crippen LogP contribution in [0.3, 0.4) is 0 Å². The van der Waals surface area contributed by atoms with Crippen LogP contribution in [0.5, 0.6) is 0 Å². The molecule has 28 heavy (non-hydrogen) atoms. The molecule has 0 spiro atoms. The second-order valence-corrected chi connectivity index (χ2v) is 7.53. The van der Waals surface area contributed by atoms with Gasteiger partial charge in [0.2, 0.25) is 5.91 Å². The molecule has 154 valence electrons. The zero-order chi connectivity index (χ0) is 19.9. The molecule has 0 radical (unpaired) electrons. The highest BCUT2D eigenvalue weighted by Gasteiger charge is 2.26. The van der Waals surface area contributed by atoms with Gasteiger partial charge < -0.3 is 25.3 Å². The van der Waals surface area contributed by atoms with E-state index >= 15 is 0 Å². The SMILES string of the molecule is CCC(=O)N1CCC(NC(=NC)NCc2cccnc2N2CCN(C)CC2)C1. The van der Waals surface area contributed by atoms with Crippen molar-refractivity contribution in [3.63, 3.8) is 0 Å². The van der Waals surface area contributed by atoms with Crippen molar-refractivity contribution in [2.45, 2.75) is 32.4 Å². The first kappa shape index (κ1) is 20.4. The number of hydrogen-bond donors (Lipinski definition) is 2. The maximum absolute atomic E-state index is 11.9. The van der Waals surface area contributed by atoms with Crippen LogP contribution in [-0.4, -0.2) is 86.1 Å². The molecule has 0 aliphatic carbocycles. The summed E-state index contributed by atoms with van der Waals surface area (Å²) in [5, 5.41) is 6.87. The molecular weight excluding hydrogens is 354 g/mol. The lowest BCUT2D eigenvalue weighted by Gasteiger charge is -2.34. The van der Waals surface area contributed by atoms with E-state index in [1.807, 2.05) is 24.1 Å². The first-order valence-corrected chi connectivity index (χ1v) is 10.2. The second-order valence-electron chi connectivity index (χ2n) is 7.53. The molecule has 1 atom stereocenters. The Morgan fingerprint density at radius 2 is 2.07 bits per heavy atom. The van der Waals surface area contributed by atoms with Crippen molar-refractivity contribution >= 4 is 17.7 Å². The third kappa shape index (κ3) is 5.13. The van der Waals surface area contributed by atoms with Gasteiger partial charge in [0.1, 0.15) is 5.82 Å². The summed E-state index contributed by atoms with van der Waals surface area (Å²) in [5.41, 5.74) is 1.17. The molecule has 0 saturated carbocycles. The Morgan fingerprint density at radius 3 is 2.79 bits per heavy atom. The lowest BCUT2D eigenvalue weighted by atomic mass is 10.2. The van der Waals surface area contributed by atoms with E-state index < -0.39 is 0 Å². The van der Waals surface area contributed by atoms with Crippen molar-refractivity contribution in [2.75, 3.05) is 58.3 Å². The van der Waals surface area contributed by atoms with E-state index in [0.717, 1.165) is 57.5 Å². The number of nitrogens with zero attached hydrogens (tertiary/aromatic N) is 5. The van der Waals surface area contributed by atoms with Gasteiger partial charge in [-0.25, -0.2) is 4.98 Å². The predicted molar refractivity (Wildman–Crippen MR) is 113 cm³/mol. The third-order valence-electron chi connectivity index (χ3n) is 5.52. The monoisotopic (exact) mass is 387 g/mol. The van der Waals surface area contributed by atoms with Crippen LogP contribution in [0.25, 0.3) is 0 Å². The zero-order valence-corrected chi connectivity index (χ0v) is 17.3. The Kier molecular flexibility index (Phi) is 7.08. The van der Waals surface area contributed by atoms with Crippen molar-refractivity contribution in [1.82, 2.24) is 25.4 Å². The fourth-order valence-electron chi connectivity index (χ4n) is 3.77. The van der Waals surface area contributed by atoms with Gasteiger partial charge in [-0.05, 0) is 19.5 Å². The van der Waals surface area contributed by atoms with Gasteiger partial charge >= 0.3 is 0 Å². The number of rotatable bonds is 5. The number of pyridine rings is 1. The molecule has 0 bridgehead atoms. The maximum Gasteiger partial charge on any atom is 0.222 e. The minimum absolute atomic E-state index is 0.222. The quantitative estimate of drug-likeness (QED) is 0.566. The summed E-state index contributed by atoms with van der Waals surface area (Å²) < 4.78 is 0. The summed E-state index contributed by atoms with van der Waals surface area (Å²) in [5.74, 6) is 2.04. The predicted octanol–water partition coefficient (Wildman–Crippen LogP) is 0.509. The van der Waals surface area contributed by atoms with Crippen molar-refractivity contribution in [2.24, 2.45) is 4.99 Å². The molecular formula is C20H33N7O. The van der Waals surface area contributed by atoms with Crippen LogP contribution < -0.4 is 15.5 Å². The summed E-state index contributed by atoms with van der Waals surface area (Å²) >= 11 is 0. The molecule has 8 heteroatoms. The lowest BCUT2D eigenvalue weighted by molar-refractivity contribution is -0.129. The van der Waals surface area contributed by atoms with E-state index in [0.29, 0.717) is 13.0 Å². The molecule has 1 unspecified atom stereocenters. The molecule has 8 nitrogen and oxygen atoms in total. The molecule has 1 aromatic rings. The minimum atomic E-state index is 0.222. The first-order valence-electron chi connectivity index (χ1n) is 10.2. The van der Waals surface area contributed by atoms with Crippen LogP contribution in [0.2, 0.25) is 0 Å². The number of amides is 1. The Hall–Kier alpha value is -2.35. The summed E-state index contributed by atoms with van der Waals surface area (Å²) in [6, 6.07) is 4.35. The van der Waals surface area contributed by atoms with Gasteiger partial charge in [-0.1, -0.05) is 13.0 Å². The van der Waals surface area contributed by atoms with Gasteiger partial charge in [-0.3, -0.25) is 9.79 Å². The molecule has 0 aromatic carbocycles. The smallest absolute Gasteiger partial charge is 0.222 e. The average molecular weight is 388 g/mol. The molecule has 2 aliphatic rings. The Labute approximate surface area is 168 Å². The van der Waals surface area contributed by atoms with Crippen LogP contribution in [-0.2, 0) is 11.3 Å². The van der Waals surface area contributed by atoms with Crippen molar-refractivity contribution in [1.29, 1.82) is 0 Å². The third-order valence-corrected chi connectivity index (χ3v) is 5.52. The molecule has 1 aromatic heterocycles. The Morgan fingerprint density at radius 1 is 1.29 bits per heavy atom. The highest BCUT2D eigenvalue weighted by atomic mass is 16.2. The van der Waals surface area contributed by atoms with Gasteiger partial charge in [0.15, 0.2) is 5.96 Å². The number of anilines is 1. The molecule has 2 saturated heterocycles. The number of nitrogens with one attached hydrogen (secondary N) is 2. The highest BCUT2D eigenvalue weighted by Crippen LogP contribution is 2.18. The normalized spacial score (nSPS) is 21.1. The molecule has 3 heterocycles. The molecule has 2 fully saturated rings. The number of aromatic nitrogens is 1. The van der Waals surface area contributed by atoms with Crippen molar-refractivity contribution in [3.05, 3.63) is 23.9 Å². The van der Waals surface area contributed by atoms with Crippen molar-refractivity contribution in [3.8, 4) is 0 Å². The first-order chi connectivity index (χ1) is 13.6. The number of carbonyl (C=O) groups excluding carboxylic acids is 1. The van der Waals surface area contributed by atoms with E-state index in [9.17, 15) is 4.79 Å². The number of aliphatic imine (C=N–C) groups is 1. The topological polar surface area (TPSA) is 76.1 Å². The van der Waals surface area contributed by atoms with Crippen LogP contribution in [0.1, 0.15) is 25.3 Å².